The minimum atomic E-state index is 0.354. The van der Waals surface area contributed by atoms with Gasteiger partial charge in [0.25, 0.3) is 0 Å². The van der Waals surface area contributed by atoms with E-state index in [1.807, 2.05) is 72.8 Å². The van der Waals surface area contributed by atoms with E-state index in [0.717, 1.165) is 78.3 Å². The van der Waals surface area contributed by atoms with Crippen molar-refractivity contribution in [2.45, 2.75) is 43.9 Å². The first-order valence-corrected chi connectivity index (χ1v) is 18.9. The van der Waals surface area contributed by atoms with Crippen LogP contribution in [0.25, 0.3) is 78.0 Å². The molecule has 0 N–H and O–H groups in total. The highest BCUT2D eigenvalue weighted by Gasteiger charge is 2.51. The molecule has 8 aromatic rings. The third kappa shape index (κ3) is 4.93. The molecule has 4 aliphatic carbocycles. The Kier molecular flexibility index (Phi) is 6.73. The van der Waals surface area contributed by atoms with Crippen molar-refractivity contribution in [3.05, 3.63) is 139 Å². The first kappa shape index (κ1) is 30.5. The molecule has 0 aliphatic heterocycles. The molecule has 0 radical (unpaired) electrons. The van der Waals surface area contributed by atoms with Gasteiger partial charge in [0.05, 0.1) is 17.2 Å². The lowest BCUT2D eigenvalue weighted by Crippen LogP contribution is -2.48. The highest BCUT2D eigenvalue weighted by atomic mass is 16.3. The van der Waals surface area contributed by atoms with Gasteiger partial charge in [0.1, 0.15) is 11.2 Å². The third-order valence-electron chi connectivity index (χ3n) is 12.5. The lowest BCUT2D eigenvalue weighted by molar-refractivity contribution is -0.00518. The monoisotopic (exact) mass is 684 g/mol. The molecule has 12 rings (SSSR count). The molecule has 2 aromatic heterocycles. The number of hydrogen-bond acceptors (Lipinski definition) is 5. The van der Waals surface area contributed by atoms with Gasteiger partial charge in [-0.2, -0.15) is 5.26 Å². The summed E-state index contributed by atoms with van der Waals surface area (Å²) in [7, 11) is 0. The standard InChI is InChI=1S/C48H36N4O/c49-28-32-23-41-36(33-16-18-35(19-17-33)48-25-29-20-30(26-48)22-31(21-29)27-48)11-6-12-37(41)42(24-32)47-51-45(34-8-2-1-3-9-34)50-46(52-47)40-14-7-13-39-38-10-4-5-15-43(38)53-44(39)40/h1-19,23-24,29-31H,20-22,25-27H2/t29-,30+,31-,48?. The van der Waals surface area contributed by atoms with Crippen LogP contribution in [0.5, 0.6) is 0 Å². The van der Waals surface area contributed by atoms with Gasteiger partial charge in [-0.3, -0.25) is 0 Å². The molecule has 0 spiro atoms. The highest BCUT2D eigenvalue weighted by Crippen LogP contribution is 2.60. The van der Waals surface area contributed by atoms with E-state index in [-0.39, 0.29) is 0 Å². The topological polar surface area (TPSA) is 75.6 Å². The summed E-state index contributed by atoms with van der Waals surface area (Å²) in [6.45, 7) is 0. The zero-order valence-electron chi connectivity index (χ0n) is 29.3. The zero-order valence-corrected chi connectivity index (χ0v) is 29.3. The molecule has 6 aromatic carbocycles. The fourth-order valence-electron chi connectivity index (χ4n) is 10.6. The van der Waals surface area contributed by atoms with Crippen LogP contribution >= 0.6 is 0 Å². The lowest BCUT2D eigenvalue weighted by atomic mass is 9.48. The summed E-state index contributed by atoms with van der Waals surface area (Å²) in [6, 6.07) is 46.4. The Bertz CT molecular complexity index is 2740. The Morgan fingerprint density at radius 1 is 0.528 bits per heavy atom. The molecular weight excluding hydrogens is 649 g/mol. The van der Waals surface area contributed by atoms with Crippen LogP contribution in [0.15, 0.2) is 132 Å². The molecule has 5 heteroatoms. The van der Waals surface area contributed by atoms with Crippen LogP contribution in [0.4, 0.5) is 0 Å². The largest absolute Gasteiger partial charge is 0.455 e. The van der Waals surface area contributed by atoms with Gasteiger partial charge in [-0.05, 0) is 113 Å². The fourth-order valence-corrected chi connectivity index (χ4v) is 10.6. The Labute approximate surface area is 308 Å². The Morgan fingerprint density at radius 3 is 1.89 bits per heavy atom. The van der Waals surface area contributed by atoms with Crippen LogP contribution in [0, 0.1) is 29.1 Å². The molecule has 0 amide bonds. The lowest BCUT2D eigenvalue weighted by Gasteiger charge is -2.57. The normalized spacial score (nSPS) is 21.8. The van der Waals surface area contributed by atoms with Crippen LogP contribution in [-0.2, 0) is 5.41 Å². The SMILES string of the molecule is N#Cc1cc(-c2nc(-c3ccccc3)nc(-c3cccc4c3oc3ccccc34)n2)c2cccc(-c3ccc(C45C[C@H]6C[C@@H](C4)C[C@@H](C5)C6)cc3)c2c1. The smallest absolute Gasteiger partial charge is 0.167 e. The second-order valence-corrected chi connectivity index (χ2v) is 15.8. The van der Waals surface area contributed by atoms with Gasteiger partial charge in [0.15, 0.2) is 17.5 Å². The Hall–Kier alpha value is -6.12. The maximum absolute atomic E-state index is 10.4. The predicted octanol–water partition coefficient (Wildman–Crippen LogP) is 11.9. The number of nitriles is 1. The van der Waals surface area contributed by atoms with Crippen molar-refractivity contribution in [2.75, 3.05) is 0 Å². The van der Waals surface area contributed by atoms with E-state index in [0.29, 0.717) is 28.5 Å². The van der Waals surface area contributed by atoms with E-state index in [1.54, 1.807) is 0 Å². The van der Waals surface area contributed by atoms with Crippen LogP contribution < -0.4 is 0 Å². The maximum Gasteiger partial charge on any atom is 0.167 e. The molecule has 0 saturated heterocycles. The van der Waals surface area contributed by atoms with Gasteiger partial charge in [0.2, 0.25) is 0 Å². The summed E-state index contributed by atoms with van der Waals surface area (Å²) in [5.74, 6) is 4.32. The molecule has 4 saturated carbocycles. The van der Waals surface area contributed by atoms with Crippen LogP contribution in [0.1, 0.15) is 49.7 Å². The van der Waals surface area contributed by atoms with Crippen LogP contribution in [0.3, 0.4) is 0 Å². The van der Waals surface area contributed by atoms with Crippen LogP contribution in [0.2, 0.25) is 0 Å². The Morgan fingerprint density at radius 2 is 1.15 bits per heavy atom. The number of para-hydroxylation sites is 2. The van der Waals surface area contributed by atoms with E-state index in [4.69, 9.17) is 19.4 Å². The molecule has 254 valence electrons. The number of benzene rings is 6. The summed E-state index contributed by atoms with van der Waals surface area (Å²) in [6.07, 6.45) is 8.40. The van der Waals surface area contributed by atoms with E-state index in [1.165, 1.54) is 44.1 Å². The van der Waals surface area contributed by atoms with Crippen molar-refractivity contribution in [3.63, 3.8) is 0 Å². The van der Waals surface area contributed by atoms with E-state index in [9.17, 15) is 5.26 Å². The third-order valence-corrected chi connectivity index (χ3v) is 12.5. The summed E-state index contributed by atoms with van der Waals surface area (Å²) in [5.41, 5.74) is 8.71. The van der Waals surface area contributed by atoms with Gasteiger partial charge in [0, 0.05) is 21.9 Å². The highest BCUT2D eigenvalue weighted by molar-refractivity contribution is 6.09. The summed E-state index contributed by atoms with van der Waals surface area (Å²) >= 11 is 0. The number of nitrogens with zero attached hydrogens (tertiary/aromatic N) is 4. The van der Waals surface area contributed by atoms with Gasteiger partial charge < -0.3 is 4.42 Å². The van der Waals surface area contributed by atoms with Gasteiger partial charge in [-0.25, -0.2) is 15.0 Å². The van der Waals surface area contributed by atoms with Crippen molar-refractivity contribution in [2.24, 2.45) is 17.8 Å². The maximum atomic E-state index is 10.4. The molecule has 5 nitrogen and oxygen atoms in total. The van der Waals surface area contributed by atoms with Gasteiger partial charge in [-0.15, -0.1) is 0 Å². The zero-order chi connectivity index (χ0) is 35.1. The summed E-state index contributed by atoms with van der Waals surface area (Å²) in [4.78, 5) is 15.3. The molecule has 4 bridgehead atoms. The molecule has 2 heterocycles. The number of aromatic nitrogens is 3. The van der Waals surface area contributed by atoms with E-state index in [2.05, 4.69) is 60.7 Å². The average Bonchev–Trinajstić information content (AvgIpc) is 3.59. The van der Waals surface area contributed by atoms with Crippen LogP contribution in [-0.4, -0.2) is 15.0 Å². The number of furan rings is 1. The summed E-state index contributed by atoms with van der Waals surface area (Å²) in [5, 5.41) is 14.4. The summed E-state index contributed by atoms with van der Waals surface area (Å²) < 4.78 is 6.43. The fraction of sp³-hybridized carbons (Fsp3) is 0.208. The first-order chi connectivity index (χ1) is 26.1. The quantitative estimate of drug-likeness (QED) is 0.180. The molecular formula is C48H36N4O. The average molecular weight is 685 g/mol. The van der Waals surface area contributed by atoms with Gasteiger partial charge in [-0.1, -0.05) is 103 Å². The Balaban J connectivity index is 1.07. The predicted molar refractivity (Wildman–Crippen MR) is 211 cm³/mol. The first-order valence-electron chi connectivity index (χ1n) is 18.9. The second-order valence-electron chi connectivity index (χ2n) is 15.8. The van der Waals surface area contributed by atoms with Crippen molar-refractivity contribution in [1.82, 2.24) is 15.0 Å². The minimum Gasteiger partial charge on any atom is -0.455 e. The molecule has 0 unspecified atom stereocenters. The van der Waals surface area contributed by atoms with E-state index >= 15 is 0 Å². The molecule has 53 heavy (non-hydrogen) atoms. The number of hydrogen-bond donors (Lipinski definition) is 0. The number of rotatable bonds is 5. The van der Waals surface area contributed by atoms with Crippen molar-refractivity contribution in [3.8, 4) is 51.4 Å². The van der Waals surface area contributed by atoms with Gasteiger partial charge >= 0.3 is 0 Å². The second kappa shape index (κ2) is 11.7. The molecule has 0 atom stereocenters. The van der Waals surface area contributed by atoms with Crippen molar-refractivity contribution < 1.29 is 4.42 Å². The van der Waals surface area contributed by atoms with E-state index < -0.39 is 0 Å². The number of fused-ring (bicyclic) bond motifs is 4. The van der Waals surface area contributed by atoms with Crippen molar-refractivity contribution in [1.29, 1.82) is 5.26 Å². The molecule has 4 fully saturated rings. The van der Waals surface area contributed by atoms with Crippen molar-refractivity contribution >= 4 is 32.7 Å². The minimum absolute atomic E-state index is 0.354. The molecule has 4 aliphatic rings.